The number of benzene rings is 3. The fraction of sp³-hybridized carbons (Fsp3) is 0.167. The maximum absolute atomic E-state index is 13.0. The predicted molar refractivity (Wildman–Crippen MR) is 115 cm³/mol. The number of hydrogen-bond acceptors (Lipinski definition) is 4. The maximum atomic E-state index is 13.0. The number of halogens is 4. The highest BCUT2D eigenvalue weighted by Gasteiger charge is 2.30. The normalized spacial score (nSPS) is 11.4. The largest absolute Gasteiger partial charge is 0.490 e. The van der Waals surface area contributed by atoms with Crippen LogP contribution in [0.4, 0.5) is 17.6 Å². The van der Waals surface area contributed by atoms with E-state index in [1.165, 1.54) is 24.4 Å². The summed E-state index contributed by atoms with van der Waals surface area (Å²) >= 11 is 0. The zero-order chi connectivity index (χ0) is 23.8. The Bertz CT molecular complexity index is 1130. The van der Waals surface area contributed by atoms with Crippen LogP contribution < -0.4 is 14.9 Å². The number of carbonyl (C=O) groups excluding carboxylic acids is 1. The number of amides is 1. The molecule has 3 aromatic carbocycles. The van der Waals surface area contributed by atoms with Gasteiger partial charge in [-0.1, -0.05) is 18.2 Å². The van der Waals surface area contributed by atoms with Gasteiger partial charge in [0.2, 0.25) is 0 Å². The summed E-state index contributed by atoms with van der Waals surface area (Å²) < 4.78 is 62.8. The molecule has 0 saturated carbocycles. The monoisotopic (exact) mass is 460 g/mol. The highest BCUT2D eigenvalue weighted by molar-refractivity contribution is 5.95. The fourth-order valence-electron chi connectivity index (χ4n) is 2.80. The molecule has 0 aromatic heterocycles. The summed E-state index contributed by atoms with van der Waals surface area (Å²) in [6.07, 6.45) is -3.21. The maximum Gasteiger partial charge on any atom is 0.416 e. The van der Waals surface area contributed by atoms with Gasteiger partial charge in [0.05, 0.1) is 18.4 Å². The first-order valence-corrected chi connectivity index (χ1v) is 9.91. The minimum absolute atomic E-state index is 0.165. The van der Waals surface area contributed by atoms with Crippen molar-refractivity contribution in [1.29, 1.82) is 0 Å². The molecule has 0 aliphatic carbocycles. The first-order valence-electron chi connectivity index (χ1n) is 9.91. The zero-order valence-electron chi connectivity index (χ0n) is 17.5. The van der Waals surface area contributed by atoms with Crippen molar-refractivity contribution >= 4 is 12.1 Å². The SMILES string of the molecule is CCOc1cc(/C=N\NC(=O)c2cccc(C(F)(F)F)c2)ccc1OCc1ccc(F)cc1. The summed E-state index contributed by atoms with van der Waals surface area (Å²) in [6, 6.07) is 14.9. The lowest BCUT2D eigenvalue weighted by molar-refractivity contribution is -0.137. The number of nitrogens with one attached hydrogen (secondary N) is 1. The van der Waals surface area contributed by atoms with Crippen LogP contribution in [0.3, 0.4) is 0 Å². The number of carbonyl (C=O) groups is 1. The quantitative estimate of drug-likeness (QED) is 0.271. The van der Waals surface area contributed by atoms with Crippen LogP contribution in [0.1, 0.15) is 34.0 Å². The molecule has 3 aromatic rings. The summed E-state index contributed by atoms with van der Waals surface area (Å²) in [4.78, 5) is 12.1. The number of hydrogen-bond donors (Lipinski definition) is 1. The van der Waals surface area contributed by atoms with Gasteiger partial charge in [-0.05, 0) is 66.6 Å². The first kappa shape index (κ1) is 23.8. The number of ether oxygens (including phenoxy) is 2. The Morgan fingerprint density at radius 3 is 2.45 bits per heavy atom. The molecule has 0 spiro atoms. The van der Waals surface area contributed by atoms with E-state index in [0.717, 1.165) is 23.8 Å². The van der Waals surface area contributed by atoms with Crippen molar-refractivity contribution in [3.8, 4) is 11.5 Å². The number of nitrogens with zero attached hydrogens (tertiary/aromatic N) is 1. The minimum atomic E-state index is -4.55. The molecule has 0 aliphatic rings. The molecule has 0 bridgehead atoms. The number of alkyl halides is 3. The van der Waals surface area contributed by atoms with Crippen LogP contribution in [0.25, 0.3) is 0 Å². The van der Waals surface area contributed by atoms with Crippen molar-refractivity contribution in [3.05, 3.63) is 94.8 Å². The average Bonchev–Trinajstić information content (AvgIpc) is 2.79. The summed E-state index contributed by atoms with van der Waals surface area (Å²) in [5.74, 6) is -0.210. The summed E-state index contributed by atoms with van der Waals surface area (Å²) in [5, 5.41) is 3.80. The van der Waals surface area contributed by atoms with Crippen LogP contribution in [0, 0.1) is 5.82 Å². The van der Waals surface area contributed by atoms with E-state index < -0.39 is 17.6 Å². The van der Waals surface area contributed by atoms with Crippen LogP contribution in [0.15, 0.2) is 71.8 Å². The highest BCUT2D eigenvalue weighted by Crippen LogP contribution is 2.30. The van der Waals surface area contributed by atoms with E-state index in [4.69, 9.17) is 9.47 Å². The van der Waals surface area contributed by atoms with Gasteiger partial charge >= 0.3 is 6.18 Å². The molecule has 0 unspecified atom stereocenters. The van der Waals surface area contributed by atoms with Gasteiger partial charge in [-0.2, -0.15) is 18.3 Å². The topological polar surface area (TPSA) is 59.9 Å². The Morgan fingerprint density at radius 1 is 1.00 bits per heavy atom. The zero-order valence-corrected chi connectivity index (χ0v) is 17.5. The third-order valence-corrected chi connectivity index (χ3v) is 4.41. The Labute approximate surface area is 187 Å². The molecule has 0 fully saturated rings. The molecule has 0 saturated heterocycles. The van der Waals surface area contributed by atoms with E-state index >= 15 is 0 Å². The predicted octanol–water partition coefficient (Wildman–Crippen LogP) is 5.59. The Balaban J connectivity index is 1.66. The molecular weight excluding hydrogens is 440 g/mol. The Hall–Kier alpha value is -3.88. The van der Waals surface area contributed by atoms with E-state index in [-0.39, 0.29) is 18.0 Å². The molecule has 0 aliphatic heterocycles. The lowest BCUT2D eigenvalue weighted by Gasteiger charge is -2.12. The van der Waals surface area contributed by atoms with Gasteiger partial charge in [-0.15, -0.1) is 0 Å². The molecule has 172 valence electrons. The van der Waals surface area contributed by atoms with Crippen molar-refractivity contribution in [3.63, 3.8) is 0 Å². The van der Waals surface area contributed by atoms with Crippen molar-refractivity contribution in [2.45, 2.75) is 19.7 Å². The van der Waals surface area contributed by atoms with E-state index in [9.17, 15) is 22.4 Å². The van der Waals surface area contributed by atoms with Gasteiger partial charge in [0.25, 0.3) is 5.91 Å². The molecule has 3 rings (SSSR count). The second-order valence-electron chi connectivity index (χ2n) is 6.83. The molecule has 0 atom stereocenters. The molecular formula is C24H20F4N2O3. The molecule has 5 nitrogen and oxygen atoms in total. The van der Waals surface area contributed by atoms with E-state index in [2.05, 4.69) is 10.5 Å². The first-order chi connectivity index (χ1) is 15.8. The molecule has 1 amide bonds. The van der Waals surface area contributed by atoms with E-state index in [1.807, 2.05) is 0 Å². The lowest BCUT2D eigenvalue weighted by atomic mass is 10.1. The summed E-state index contributed by atoms with van der Waals surface area (Å²) in [6.45, 7) is 2.39. The van der Waals surface area contributed by atoms with Crippen LogP contribution in [0.2, 0.25) is 0 Å². The van der Waals surface area contributed by atoms with Gasteiger partial charge in [0, 0.05) is 5.56 Å². The number of hydrazone groups is 1. The van der Waals surface area contributed by atoms with Crippen molar-refractivity contribution in [1.82, 2.24) is 5.43 Å². The third kappa shape index (κ3) is 6.80. The molecule has 1 N–H and O–H groups in total. The highest BCUT2D eigenvalue weighted by atomic mass is 19.4. The van der Waals surface area contributed by atoms with Gasteiger partial charge in [-0.3, -0.25) is 4.79 Å². The standard InChI is InChI=1S/C24H20F4N2O3/c1-2-32-22-12-17(8-11-21(22)33-15-16-6-9-20(25)10-7-16)14-29-30-23(31)18-4-3-5-19(13-18)24(26,27)28/h3-14H,2,15H2,1H3,(H,30,31)/b29-14-. The smallest absolute Gasteiger partial charge is 0.416 e. The lowest BCUT2D eigenvalue weighted by Crippen LogP contribution is -2.18. The van der Waals surface area contributed by atoms with Gasteiger partial charge in [-0.25, -0.2) is 9.82 Å². The van der Waals surface area contributed by atoms with Crippen molar-refractivity contribution in [2.24, 2.45) is 5.10 Å². The van der Waals surface area contributed by atoms with E-state index in [1.54, 1.807) is 37.3 Å². The number of rotatable bonds is 8. The molecule has 9 heteroatoms. The van der Waals surface area contributed by atoms with Crippen molar-refractivity contribution in [2.75, 3.05) is 6.61 Å². The minimum Gasteiger partial charge on any atom is -0.490 e. The van der Waals surface area contributed by atoms with E-state index in [0.29, 0.717) is 23.7 Å². The van der Waals surface area contributed by atoms with Crippen LogP contribution in [-0.2, 0) is 12.8 Å². The Morgan fingerprint density at radius 2 is 1.76 bits per heavy atom. The fourth-order valence-corrected chi connectivity index (χ4v) is 2.80. The van der Waals surface area contributed by atoms with Gasteiger partial charge in [0.1, 0.15) is 12.4 Å². The summed E-state index contributed by atoms with van der Waals surface area (Å²) in [7, 11) is 0. The molecule has 0 radical (unpaired) electrons. The summed E-state index contributed by atoms with van der Waals surface area (Å²) in [5.41, 5.74) is 2.46. The second kappa shape index (κ2) is 10.6. The average molecular weight is 460 g/mol. The van der Waals surface area contributed by atoms with Crippen molar-refractivity contribution < 1.29 is 31.8 Å². The Kier molecular flexibility index (Phi) is 7.66. The van der Waals surface area contributed by atoms with Gasteiger partial charge < -0.3 is 9.47 Å². The van der Waals surface area contributed by atoms with Gasteiger partial charge in [0.15, 0.2) is 11.5 Å². The second-order valence-corrected chi connectivity index (χ2v) is 6.83. The molecule has 0 heterocycles. The van der Waals surface area contributed by atoms with Crippen LogP contribution in [-0.4, -0.2) is 18.7 Å². The molecule has 33 heavy (non-hydrogen) atoms. The van der Waals surface area contributed by atoms with Crippen LogP contribution >= 0.6 is 0 Å². The van der Waals surface area contributed by atoms with Crippen LogP contribution in [0.5, 0.6) is 11.5 Å². The third-order valence-electron chi connectivity index (χ3n) is 4.41.